The van der Waals surface area contributed by atoms with Crippen molar-refractivity contribution in [3.63, 3.8) is 0 Å². The Hall–Kier alpha value is -2.68. The summed E-state index contributed by atoms with van der Waals surface area (Å²) in [5.41, 5.74) is 11.3. The lowest BCUT2D eigenvalue weighted by molar-refractivity contribution is 0.305. The molecule has 0 bridgehead atoms. The van der Waals surface area contributed by atoms with Crippen LogP contribution in [0.2, 0.25) is 5.02 Å². The van der Waals surface area contributed by atoms with Crippen molar-refractivity contribution in [1.82, 2.24) is 5.43 Å². The Kier molecular flexibility index (Phi) is 5.47. The van der Waals surface area contributed by atoms with Gasteiger partial charge in [0.25, 0.3) is 0 Å². The van der Waals surface area contributed by atoms with Crippen LogP contribution in [0.4, 0.5) is 0 Å². The number of hydrogen-bond acceptors (Lipinski definition) is 5. The van der Waals surface area contributed by atoms with Crippen molar-refractivity contribution in [2.45, 2.75) is 13.5 Å². The molecular weight excluding hydrogens is 312 g/mol. The molecule has 0 heterocycles. The summed E-state index contributed by atoms with van der Waals surface area (Å²) < 4.78 is 5.79. The highest BCUT2D eigenvalue weighted by Crippen LogP contribution is 2.21. The Balaban J connectivity index is 2.20. The van der Waals surface area contributed by atoms with E-state index in [0.29, 0.717) is 22.9 Å². The van der Waals surface area contributed by atoms with E-state index in [4.69, 9.17) is 33.2 Å². The number of hydrazine groups is 1. The van der Waals surface area contributed by atoms with E-state index in [0.717, 1.165) is 11.1 Å². The molecule has 5 N–H and O–H groups in total. The molecule has 0 fully saturated rings. The predicted octanol–water partition coefficient (Wildman–Crippen LogP) is 2.84. The summed E-state index contributed by atoms with van der Waals surface area (Å²) in [5.74, 6) is 5.91. The van der Waals surface area contributed by atoms with Gasteiger partial charge in [-0.3, -0.25) is 0 Å². The van der Waals surface area contributed by atoms with Gasteiger partial charge >= 0.3 is 0 Å². The molecule has 6 heteroatoms. The monoisotopic (exact) mass is 328 g/mol. The van der Waals surface area contributed by atoms with Crippen LogP contribution in [0, 0.1) is 18.3 Å². The van der Waals surface area contributed by atoms with Crippen LogP contribution in [0.5, 0.6) is 5.75 Å². The zero-order valence-electron chi connectivity index (χ0n) is 12.6. The summed E-state index contributed by atoms with van der Waals surface area (Å²) in [5, 5.41) is 9.63. The Morgan fingerprint density at radius 2 is 2.09 bits per heavy atom. The van der Waals surface area contributed by atoms with Crippen molar-refractivity contribution in [2.24, 2.45) is 11.6 Å². The fourth-order valence-electron chi connectivity index (χ4n) is 2.02. The summed E-state index contributed by atoms with van der Waals surface area (Å²) >= 11 is 6.00. The first-order valence-corrected chi connectivity index (χ1v) is 7.27. The summed E-state index contributed by atoms with van der Waals surface area (Å²) in [6.07, 6.45) is 0. The van der Waals surface area contributed by atoms with E-state index in [2.05, 4.69) is 5.43 Å². The average Bonchev–Trinajstić information content (AvgIpc) is 2.57. The second-order valence-electron chi connectivity index (χ2n) is 4.93. The van der Waals surface area contributed by atoms with Crippen molar-refractivity contribution in [1.29, 1.82) is 5.26 Å². The molecule has 0 spiro atoms. The molecule has 2 rings (SSSR count). The molecule has 0 saturated carbocycles. The van der Waals surface area contributed by atoms with Crippen LogP contribution >= 0.6 is 11.6 Å². The SMILES string of the molecule is Cc1ccc(Cl)cc1COc1cccc(/C(N)=C(\C#N)NN)c1. The number of benzene rings is 2. The van der Waals surface area contributed by atoms with Gasteiger partial charge in [0, 0.05) is 10.6 Å². The first-order chi connectivity index (χ1) is 11.0. The lowest BCUT2D eigenvalue weighted by Crippen LogP contribution is -2.23. The molecule has 0 aromatic heterocycles. The van der Waals surface area contributed by atoms with Gasteiger partial charge in [-0.15, -0.1) is 0 Å². The minimum Gasteiger partial charge on any atom is -0.489 e. The van der Waals surface area contributed by atoms with Crippen molar-refractivity contribution in [3.05, 3.63) is 69.9 Å². The first kappa shape index (κ1) is 16.7. The van der Waals surface area contributed by atoms with Gasteiger partial charge in [0.1, 0.15) is 18.4 Å². The van der Waals surface area contributed by atoms with Gasteiger partial charge in [-0.1, -0.05) is 29.8 Å². The normalized spacial score (nSPS) is 11.4. The zero-order chi connectivity index (χ0) is 16.8. The fourth-order valence-corrected chi connectivity index (χ4v) is 2.22. The topological polar surface area (TPSA) is 97.1 Å². The predicted molar refractivity (Wildman–Crippen MR) is 91.0 cm³/mol. The molecular formula is C17H17ClN4O. The molecule has 0 saturated heterocycles. The quantitative estimate of drug-likeness (QED) is 0.445. The van der Waals surface area contributed by atoms with Gasteiger partial charge in [0.05, 0.1) is 5.70 Å². The third-order valence-electron chi connectivity index (χ3n) is 3.38. The molecule has 0 radical (unpaired) electrons. The lowest BCUT2D eigenvalue weighted by Gasteiger charge is -2.11. The van der Waals surface area contributed by atoms with E-state index >= 15 is 0 Å². The van der Waals surface area contributed by atoms with Crippen molar-refractivity contribution >= 4 is 17.3 Å². The minimum atomic E-state index is 0.104. The molecule has 0 atom stereocenters. The number of halogens is 1. The van der Waals surface area contributed by atoms with Crippen LogP contribution in [-0.4, -0.2) is 0 Å². The van der Waals surface area contributed by atoms with Gasteiger partial charge in [-0.25, -0.2) is 5.84 Å². The average molecular weight is 329 g/mol. The fraction of sp³-hybridized carbons (Fsp3) is 0.118. The molecule has 23 heavy (non-hydrogen) atoms. The van der Waals surface area contributed by atoms with Crippen LogP contribution in [0.3, 0.4) is 0 Å². The smallest absolute Gasteiger partial charge is 0.151 e. The van der Waals surface area contributed by atoms with Gasteiger partial charge in [0.15, 0.2) is 5.70 Å². The van der Waals surface area contributed by atoms with Gasteiger partial charge < -0.3 is 15.9 Å². The maximum atomic E-state index is 8.96. The highest BCUT2D eigenvalue weighted by atomic mass is 35.5. The van der Waals surface area contributed by atoms with E-state index in [9.17, 15) is 0 Å². The Morgan fingerprint density at radius 3 is 2.78 bits per heavy atom. The van der Waals surface area contributed by atoms with E-state index in [-0.39, 0.29) is 11.4 Å². The first-order valence-electron chi connectivity index (χ1n) is 6.90. The number of rotatable bonds is 5. The van der Waals surface area contributed by atoms with Crippen LogP contribution in [0.1, 0.15) is 16.7 Å². The van der Waals surface area contributed by atoms with Crippen LogP contribution in [-0.2, 0) is 6.61 Å². The molecule has 0 aliphatic rings. The van der Waals surface area contributed by atoms with E-state index in [1.54, 1.807) is 18.2 Å². The molecule has 0 amide bonds. The van der Waals surface area contributed by atoms with E-state index in [1.807, 2.05) is 37.3 Å². The summed E-state index contributed by atoms with van der Waals surface area (Å²) in [7, 11) is 0. The van der Waals surface area contributed by atoms with Gasteiger partial charge in [-0.05, 0) is 42.3 Å². The lowest BCUT2D eigenvalue weighted by atomic mass is 10.1. The zero-order valence-corrected chi connectivity index (χ0v) is 13.4. The molecule has 118 valence electrons. The van der Waals surface area contributed by atoms with E-state index in [1.165, 1.54) is 0 Å². The molecule has 0 aliphatic carbocycles. The van der Waals surface area contributed by atoms with Gasteiger partial charge in [-0.2, -0.15) is 5.26 Å². The number of allylic oxidation sites excluding steroid dienone is 1. The van der Waals surface area contributed by atoms with Crippen molar-refractivity contribution < 1.29 is 4.74 Å². The Morgan fingerprint density at radius 1 is 1.30 bits per heavy atom. The Labute approximate surface area is 140 Å². The molecule has 5 nitrogen and oxygen atoms in total. The standard InChI is InChI=1S/C17H17ClN4O/c1-11-5-6-14(18)7-13(11)10-23-15-4-2-3-12(8-15)17(20)16(9-19)22-21/h2-8,22H,10,20-21H2,1H3/b17-16-. The molecule has 2 aromatic carbocycles. The number of nitrogens with two attached hydrogens (primary N) is 2. The third-order valence-corrected chi connectivity index (χ3v) is 3.61. The highest BCUT2D eigenvalue weighted by Gasteiger charge is 2.06. The number of hydrogen-bond donors (Lipinski definition) is 3. The minimum absolute atomic E-state index is 0.104. The summed E-state index contributed by atoms with van der Waals surface area (Å²) in [4.78, 5) is 0. The van der Waals surface area contributed by atoms with Crippen LogP contribution < -0.4 is 21.7 Å². The van der Waals surface area contributed by atoms with E-state index < -0.39 is 0 Å². The maximum Gasteiger partial charge on any atom is 0.151 e. The van der Waals surface area contributed by atoms with Crippen LogP contribution in [0.25, 0.3) is 5.70 Å². The second kappa shape index (κ2) is 7.54. The molecule has 0 aliphatic heterocycles. The number of aryl methyl sites for hydroxylation is 1. The maximum absolute atomic E-state index is 8.96. The molecule has 2 aromatic rings. The molecule has 0 unspecified atom stereocenters. The largest absolute Gasteiger partial charge is 0.489 e. The van der Waals surface area contributed by atoms with Gasteiger partial charge in [0.2, 0.25) is 0 Å². The highest BCUT2D eigenvalue weighted by molar-refractivity contribution is 6.30. The Bertz CT molecular complexity index is 780. The number of nitrogens with zero attached hydrogens (tertiary/aromatic N) is 1. The van der Waals surface area contributed by atoms with Crippen molar-refractivity contribution in [2.75, 3.05) is 0 Å². The number of nitrogens with one attached hydrogen (secondary N) is 1. The number of nitriles is 1. The third kappa shape index (κ3) is 4.16. The second-order valence-corrected chi connectivity index (χ2v) is 5.37. The van der Waals surface area contributed by atoms with Crippen molar-refractivity contribution in [3.8, 4) is 11.8 Å². The van der Waals surface area contributed by atoms with Crippen LogP contribution in [0.15, 0.2) is 48.2 Å². The summed E-state index contributed by atoms with van der Waals surface area (Å²) in [6, 6.07) is 14.7. The number of ether oxygens (including phenoxy) is 1. The summed E-state index contributed by atoms with van der Waals surface area (Å²) in [6.45, 7) is 2.39.